The summed E-state index contributed by atoms with van der Waals surface area (Å²) in [7, 11) is 4.09. The lowest BCUT2D eigenvalue weighted by atomic mass is 9.86. The van der Waals surface area contributed by atoms with E-state index < -0.39 is 0 Å². The Morgan fingerprint density at radius 1 is 1.36 bits per heavy atom. The van der Waals surface area contributed by atoms with E-state index in [0.717, 1.165) is 19.4 Å². The first-order valence-electron chi connectivity index (χ1n) is 4.29. The molecule has 0 fully saturated rings. The molecule has 0 rings (SSSR count). The van der Waals surface area contributed by atoms with E-state index in [2.05, 4.69) is 18.7 Å². The van der Waals surface area contributed by atoms with Gasteiger partial charge < -0.3 is 10.0 Å². The van der Waals surface area contributed by atoms with Crippen LogP contribution in [0.5, 0.6) is 0 Å². The second-order valence-corrected chi connectivity index (χ2v) is 3.96. The molecule has 0 aliphatic rings. The molecule has 0 bridgehead atoms. The largest absolute Gasteiger partial charge is 0.396 e. The topological polar surface area (TPSA) is 23.5 Å². The molecule has 0 aromatic carbocycles. The van der Waals surface area contributed by atoms with E-state index in [-0.39, 0.29) is 5.41 Å². The predicted molar refractivity (Wildman–Crippen MR) is 48.7 cm³/mol. The van der Waals surface area contributed by atoms with Crippen molar-refractivity contribution in [1.82, 2.24) is 4.90 Å². The van der Waals surface area contributed by atoms with E-state index >= 15 is 0 Å². The highest BCUT2D eigenvalue weighted by molar-refractivity contribution is 4.74. The fraction of sp³-hybridized carbons (Fsp3) is 1.00. The number of nitrogens with zero attached hydrogens (tertiary/aromatic N) is 1. The summed E-state index contributed by atoms with van der Waals surface area (Å²) in [5.74, 6) is 0. The molecule has 1 N–H and O–H groups in total. The van der Waals surface area contributed by atoms with Crippen molar-refractivity contribution in [3.8, 4) is 0 Å². The maximum absolute atomic E-state index is 9.14. The van der Waals surface area contributed by atoms with Crippen LogP contribution < -0.4 is 0 Å². The fourth-order valence-corrected chi connectivity index (χ4v) is 1.58. The summed E-state index contributed by atoms with van der Waals surface area (Å²) in [6.45, 7) is 5.55. The van der Waals surface area contributed by atoms with Gasteiger partial charge in [0.1, 0.15) is 0 Å². The maximum Gasteiger partial charge on any atom is 0.0497 e. The van der Waals surface area contributed by atoms with Crippen LogP contribution in [0.15, 0.2) is 0 Å². The highest BCUT2D eigenvalue weighted by atomic mass is 16.3. The lowest BCUT2D eigenvalue weighted by molar-refractivity contribution is 0.0993. The summed E-state index contributed by atoms with van der Waals surface area (Å²) >= 11 is 0. The molecule has 2 heteroatoms. The van der Waals surface area contributed by atoms with Crippen LogP contribution in [-0.4, -0.2) is 37.3 Å². The van der Waals surface area contributed by atoms with Crippen LogP contribution >= 0.6 is 0 Å². The number of rotatable bonds is 5. The molecule has 11 heavy (non-hydrogen) atoms. The minimum Gasteiger partial charge on any atom is -0.396 e. The molecule has 0 aliphatic carbocycles. The molecule has 0 aromatic heterocycles. The van der Waals surface area contributed by atoms with E-state index in [4.69, 9.17) is 5.11 Å². The van der Waals surface area contributed by atoms with Crippen molar-refractivity contribution in [2.45, 2.75) is 26.7 Å². The van der Waals surface area contributed by atoms with Gasteiger partial charge in [0.2, 0.25) is 0 Å². The highest BCUT2D eigenvalue weighted by Crippen LogP contribution is 2.22. The quantitative estimate of drug-likeness (QED) is 0.654. The molecule has 0 aromatic rings. The van der Waals surface area contributed by atoms with Gasteiger partial charge in [0.15, 0.2) is 0 Å². The Labute approximate surface area is 70.2 Å². The molecule has 1 atom stereocenters. The van der Waals surface area contributed by atoms with Crippen molar-refractivity contribution < 1.29 is 5.11 Å². The van der Waals surface area contributed by atoms with Gasteiger partial charge in [-0.05, 0) is 20.5 Å². The Morgan fingerprint density at radius 2 is 1.91 bits per heavy atom. The van der Waals surface area contributed by atoms with Crippen molar-refractivity contribution in [2.75, 3.05) is 27.2 Å². The summed E-state index contributed by atoms with van der Waals surface area (Å²) in [5.41, 5.74) is 0.0955. The summed E-state index contributed by atoms with van der Waals surface area (Å²) < 4.78 is 0. The first-order chi connectivity index (χ1) is 5.04. The average molecular weight is 159 g/mol. The van der Waals surface area contributed by atoms with Crippen LogP contribution in [0.25, 0.3) is 0 Å². The van der Waals surface area contributed by atoms with Crippen LogP contribution in [0.4, 0.5) is 0 Å². The van der Waals surface area contributed by atoms with Crippen molar-refractivity contribution >= 4 is 0 Å². The smallest absolute Gasteiger partial charge is 0.0497 e. The van der Waals surface area contributed by atoms with E-state index in [0.29, 0.717) is 6.61 Å². The summed E-state index contributed by atoms with van der Waals surface area (Å²) in [4.78, 5) is 2.13. The SMILES string of the molecule is CCCC(C)(CO)CN(C)C. The van der Waals surface area contributed by atoms with Gasteiger partial charge in [-0.15, -0.1) is 0 Å². The maximum atomic E-state index is 9.14. The van der Waals surface area contributed by atoms with Crippen LogP contribution in [0.2, 0.25) is 0 Å². The first-order valence-corrected chi connectivity index (χ1v) is 4.29. The molecule has 0 saturated carbocycles. The van der Waals surface area contributed by atoms with Crippen molar-refractivity contribution in [3.63, 3.8) is 0 Å². The van der Waals surface area contributed by atoms with E-state index in [1.807, 2.05) is 14.1 Å². The Kier molecular flexibility index (Phi) is 4.69. The average Bonchev–Trinajstić information content (AvgIpc) is 1.87. The third kappa shape index (κ3) is 4.38. The van der Waals surface area contributed by atoms with Gasteiger partial charge in [-0.1, -0.05) is 20.3 Å². The third-order valence-corrected chi connectivity index (χ3v) is 1.93. The Hall–Kier alpha value is -0.0800. The van der Waals surface area contributed by atoms with E-state index in [9.17, 15) is 0 Å². The Morgan fingerprint density at radius 3 is 2.18 bits per heavy atom. The van der Waals surface area contributed by atoms with Crippen LogP contribution in [0.1, 0.15) is 26.7 Å². The lowest BCUT2D eigenvalue weighted by Gasteiger charge is -2.29. The van der Waals surface area contributed by atoms with Gasteiger partial charge >= 0.3 is 0 Å². The molecule has 68 valence electrons. The first kappa shape index (κ1) is 10.9. The van der Waals surface area contributed by atoms with Crippen molar-refractivity contribution in [3.05, 3.63) is 0 Å². The molecule has 0 heterocycles. The summed E-state index contributed by atoms with van der Waals surface area (Å²) in [6, 6.07) is 0. The second kappa shape index (κ2) is 4.73. The van der Waals surface area contributed by atoms with Crippen LogP contribution in [-0.2, 0) is 0 Å². The molecule has 2 nitrogen and oxygen atoms in total. The molecular formula is C9H21NO. The molecule has 0 saturated heterocycles. The van der Waals surface area contributed by atoms with Gasteiger partial charge in [0, 0.05) is 18.6 Å². The minimum atomic E-state index is 0.0955. The molecule has 0 aliphatic heterocycles. The summed E-state index contributed by atoms with van der Waals surface area (Å²) in [6.07, 6.45) is 2.24. The number of hydrogen-bond acceptors (Lipinski definition) is 2. The van der Waals surface area contributed by atoms with Crippen molar-refractivity contribution in [2.24, 2.45) is 5.41 Å². The van der Waals surface area contributed by atoms with Crippen LogP contribution in [0, 0.1) is 5.41 Å². The standard InChI is InChI=1S/C9H21NO/c1-5-6-9(2,8-11)7-10(3)4/h11H,5-8H2,1-4H3. The van der Waals surface area contributed by atoms with E-state index in [1.165, 1.54) is 0 Å². The number of hydrogen-bond donors (Lipinski definition) is 1. The Bertz CT molecular complexity index is 104. The zero-order valence-electron chi connectivity index (χ0n) is 8.22. The predicted octanol–water partition coefficient (Wildman–Crippen LogP) is 1.35. The highest BCUT2D eigenvalue weighted by Gasteiger charge is 2.22. The van der Waals surface area contributed by atoms with Gasteiger partial charge in [-0.25, -0.2) is 0 Å². The lowest BCUT2D eigenvalue weighted by Crippen LogP contribution is -2.34. The molecule has 0 radical (unpaired) electrons. The number of aliphatic hydroxyl groups is 1. The Balaban J connectivity index is 3.87. The van der Waals surface area contributed by atoms with Gasteiger partial charge in [-0.3, -0.25) is 0 Å². The van der Waals surface area contributed by atoms with E-state index in [1.54, 1.807) is 0 Å². The molecule has 1 unspecified atom stereocenters. The minimum absolute atomic E-state index is 0.0955. The third-order valence-electron chi connectivity index (χ3n) is 1.93. The number of aliphatic hydroxyl groups excluding tert-OH is 1. The molecule has 0 spiro atoms. The zero-order valence-corrected chi connectivity index (χ0v) is 8.22. The summed E-state index contributed by atoms with van der Waals surface area (Å²) in [5, 5.41) is 9.14. The zero-order chi connectivity index (χ0) is 8.91. The van der Waals surface area contributed by atoms with Gasteiger partial charge in [0.25, 0.3) is 0 Å². The monoisotopic (exact) mass is 159 g/mol. The molecular weight excluding hydrogens is 138 g/mol. The normalized spacial score (nSPS) is 16.9. The van der Waals surface area contributed by atoms with Crippen LogP contribution in [0.3, 0.4) is 0 Å². The van der Waals surface area contributed by atoms with Crippen molar-refractivity contribution in [1.29, 1.82) is 0 Å². The second-order valence-electron chi connectivity index (χ2n) is 3.96. The van der Waals surface area contributed by atoms with Gasteiger partial charge in [-0.2, -0.15) is 0 Å². The van der Waals surface area contributed by atoms with Gasteiger partial charge in [0.05, 0.1) is 0 Å². The molecule has 0 amide bonds. The fourth-order valence-electron chi connectivity index (χ4n) is 1.58.